The number of nitrogens with two attached hydrogens (primary N) is 1. The zero-order valence-electron chi connectivity index (χ0n) is 7.85. The molecule has 0 saturated heterocycles. The molecule has 0 atom stereocenters. The molecule has 4 heteroatoms. The molecule has 0 aliphatic heterocycles. The van der Waals surface area contributed by atoms with E-state index in [2.05, 4.69) is 10.1 Å². The second-order valence-corrected chi connectivity index (χ2v) is 3.79. The van der Waals surface area contributed by atoms with E-state index in [0.29, 0.717) is 12.5 Å². The molecule has 2 aromatic rings. The predicted octanol–water partition coefficient (Wildman–Crippen LogP) is 1.07. The Hall–Kier alpha value is -1.42. The normalized spacial score (nSPS) is 16.4. The van der Waals surface area contributed by atoms with Gasteiger partial charge in [0, 0.05) is 18.7 Å². The summed E-state index contributed by atoms with van der Waals surface area (Å²) >= 11 is 0. The molecule has 4 nitrogen and oxygen atoms in total. The molecule has 2 heterocycles. The Bertz CT molecular complexity index is 470. The molecule has 1 aliphatic carbocycles. The minimum absolute atomic E-state index is 0.550. The Labute approximate surface area is 81.8 Å². The molecule has 1 saturated carbocycles. The van der Waals surface area contributed by atoms with E-state index in [9.17, 15) is 0 Å². The van der Waals surface area contributed by atoms with Crippen molar-refractivity contribution >= 4 is 5.65 Å². The topological polar surface area (TPSA) is 56.2 Å². The molecule has 1 fully saturated rings. The van der Waals surface area contributed by atoms with Crippen LogP contribution in [0, 0.1) is 0 Å². The maximum absolute atomic E-state index is 5.56. The fourth-order valence-electron chi connectivity index (χ4n) is 1.58. The Morgan fingerprint density at radius 2 is 2.29 bits per heavy atom. The zero-order chi connectivity index (χ0) is 9.54. The van der Waals surface area contributed by atoms with Gasteiger partial charge in [-0.1, -0.05) is 6.07 Å². The van der Waals surface area contributed by atoms with Crippen LogP contribution in [-0.4, -0.2) is 14.6 Å². The lowest BCUT2D eigenvalue weighted by atomic mass is 10.3. The van der Waals surface area contributed by atoms with Gasteiger partial charge in [0.1, 0.15) is 0 Å². The molecule has 0 bridgehead atoms. The number of rotatable bonds is 2. The molecular formula is C10H12N4. The van der Waals surface area contributed by atoms with Gasteiger partial charge in [0.25, 0.3) is 0 Å². The highest BCUT2D eigenvalue weighted by molar-refractivity contribution is 5.39. The minimum atomic E-state index is 0.550. The highest BCUT2D eigenvalue weighted by Crippen LogP contribution is 2.38. The lowest BCUT2D eigenvalue weighted by Crippen LogP contribution is -1.98. The van der Waals surface area contributed by atoms with Gasteiger partial charge in [-0.25, -0.2) is 9.50 Å². The number of nitrogens with zero attached hydrogens (tertiary/aromatic N) is 3. The summed E-state index contributed by atoms with van der Waals surface area (Å²) < 4.78 is 1.83. The average molecular weight is 188 g/mol. The third-order valence-corrected chi connectivity index (χ3v) is 2.59. The predicted molar refractivity (Wildman–Crippen MR) is 52.9 cm³/mol. The van der Waals surface area contributed by atoms with Crippen LogP contribution in [0.5, 0.6) is 0 Å². The number of fused-ring (bicyclic) bond motifs is 1. The van der Waals surface area contributed by atoms with Crippen molar-refractivity contribution in [2.24, 2.45) is 5.73 Å². The van der Waals surface area contributed by atoms with Crippen molar-refractivity contribution in [3.05, 3.63) is 29.7 Å². The summed E-state index contributed by atoms with van der Waals surface area (Å²) in [4.78, 5) is 4.46. The number of hydrogen-bond donors (Lipinski definition) is 1. The Morgan fingerprint density at radius 3 is 3.00 bits per heavy atom. The zero-order valence-corrected chi connectivity index (χ0v) is 7.85. The molecule has 72 valence electrons. The van der Waals surface area contributed by atoms with Crippen molar-refractivity contribution in [3.8, 4) is 0 Å². The van der Waals surface area contributed by atoms with Gasteiger partial charge in [-0.05, 0) is 24.5 Å². The average Bonchev–Trinajstić information content (AvgIpc) is 2.97. The second-order valence-electron chi connectivity index (χ2n) is 3.79. The highest BCUT2D eigenvalue weighted by Gasteiger charge is 2.27. The fraction of sp³-hybridized carbons (Fsp3) is 0.400. The number of pyridine rings is 1. The van der Waals surface area contributed by atoms with Gasteiger partial charge in [0.05, 0.1) is 0 Å². The van der Waals surface area contributed by atoms with Crippen molar-refractivity contribution < 1.29 is 0 Å². The van der Waals surface area contributed by atoms with Crippen LogP contribution < -0.4 is 5.73 Å². The van der Waals surface area contributed by atoms with Crippen molar-refractivity contribution in [2.45, 2.75) is 25.3 Å². The van der Waals surface area contributed by atoms with E-state index in [1.807, 2.05) is 22.8 Å². The first kappa shape index (κ1) is 7.94. The molecule has 3 rings (SSSR count). The Kier molecular flexibility index (Phi) is 1.58. The van der Waals surface area contributed by atoms with Gasteiger partial charge in [0.15, 0.2) is 11.5 Å². The van der Waals surface area contributed by atoms with Gasteiger partial charge < -0.3 is 5.73 Å². The maximum Gasteiger partial charge on any atom is 0.155 e. The second kappa shape index (κ2) is 2.78. The van der Waals surface area contributed by atoms with Crippen LogP contribution in [0.4, 0.5) is 0 Å². The van der Waals surface area contributed by atoms with Crippen LogP contribution in [0.15, 0.2) is 18.3 Å². The molecule has 0 amide bonds. The first-order chi connectivity index (χ1) is 6.86. The Morgan fingerprint density at radius 1 is 1.43 bits per heavy atom. The van der Waals surface area contributed by atoms with E-state index in [1.54, 1.807) is 0 Å². The quantitative estimate of drug-likeness (QED) is 0.766. The van der Waals surface area contributed by atoms with Crippen molar-refractivity contribution in [1.29, 1.82) is 0 Å². The number of hydrogen-bond acceptors (Lipinski definition) is 3. The summed E-state index contributed by atoms with van der Waals surface area (Å²) in [6, 6.07) is 3.97. The summed E-state index contributed by atoms with van der Waals surface area (Å²) in [5, 5.41) is 4.43. The minimum Gasteiger partial charge on any atom is -0.326 e. The Balaban J connectivity index is 2.12. The molecule has 0 radical (unpaired) electrons. The standard InChI is InChI=1S/C10H12N4/c11-5-7-1-4-9-12-10(8-2-3-8)13-14(9)6-7/h1,4,6,8H,2-3,5,11H2. The molecule has 2 aromatic heterocycles. The van der Waals surface area contributed by atoms with E-state index in [-0.39, 0.29) is 0 Å². The lowest BCUT2D eigenvalue weighted by Gasteiger charge is -1.95. The first-order valence-corrected chi connectivity index (χ1v) is 4.92. The van der Waals surface area contributed by atoms with Crippen molar-refractivity contribution in [1.82, 2.24) is 14.6 Å². The van der Waals surface area contributed by atoms with E-state index in [4.69, 9.17) is 5.73 Å². The molecule has 14 heavy (non-hydrogen) atoms. The monoisotopic (exact) mass is 188 g/mol. The lowest BCUT2D eigenvalue weighted by molar-refractivity contribution is 0.866. The van der Waals surface area contributed by atoms with Crippen molar-refractivity contribution in [3.63, 3.8) is 0 Å². The highest BCUT2D eigenvalue weighted by atomic mass is 15.3. The summed E-state index contributed by atoms with van der Waals surface area (Å²) in [7, 11) is 0. The SMILES string of the molecule is NCc1ccc2nc(C3CC3)nn2c1. The van der Waals surface area contributed by atoms with E-state index in [1.165, 1.54) is 12.8 Å². The van der Waals surface area contributed by atoms with Gasteiger partial charge >= 0.3 is 0 Å². The van der Waals surface area contributed by atoms with Crippen LogP contribution in [0.25, 0.3) is 5.65 Å². The van der Waals surface area contributed by atoms with Crippen LogP contribution in [-0.2, 0) is 6.54 Å². The van der Waals surface area contributed by atoms with E-state index >= 15 is 0 Å². The summed E-state index contributed by atoms with van der Waals surface area (Å²) in [6.45, 7) is 0.550. The number of aromatic nitrogens is 3. The fourth-order valence-corrected chi connectivity index (χ4v) is 1.58. The smallest absolute Gasteiger partial charge is 0.155 e. The molecule has 1 aliphatic rings. The van der Waals surface area contributed by atoms with Gasteiger partial charge in [0.2, 0.25) is 0 Å². The molecule has 0 unspecified atom stereocenters. The van der Waals surface area contributed by atoms with Crippen molar-refractivity contribution in [2.75, 3.05) is 0 Å². The van der Waals surface area contributed by atoms with Gasteiger partial charge in [-0.2, -0.15) is 5.10 Å². The van der Waals surface area contributed by atoms with Crippen LogP contribution in [0.3, 0.4) is 0 Å². The van der Waals surface area contributed by atoms with Gasteiger partial charge in [-0.15, -0.1) is 0 Å². The maximum atomic E-state index is 5.56. The van der Waals surface area contributed by atoms with Crippen LogP contribution in [0.2, 0.25) is 0 Å². The summed E-state index contributed by atoms with van der Waals surface area (Å²) in [5.41, 5.74) is 7.57. The third kappa shape index (κ3) is 1.19. The van der Waals surface area contributed by atoms with Gasteiger partial charge in [-0.3, -0.25) is 0 Å². The summed E-state index contributed by atoms with van der Waals surface area (Å²) in [6.07, 6.45) is 4.43. The largest absolute Gasteiger partial charge is 0.326 e. The molecule has 0 spiro atoms. The molecule has 0 aromatic carbocycles. The van der Waals surface area contributed by atoms with Crippen LogP contribution >= 0.6 is 0 Å². The molecule has 2 N–H and O–H groups in total. The van der Waals surface area contributed by atoms with E-state index < -0.39 is 0 Å². The van der Waals surface area contributed by atoms with E-state index in [0.717, 1.165) is 17.0 Å². The third-order valence-electron chi connectivity index (χ3n) is 2.59. The van der Waals surface area contributed by atoms with Crippen LogP contribution in [0.1, 0.15) is 30.1 Å². The first-order valence-electron chi connectivity index (χ1n) is 4.92. The summed E-state index contributed by atoms with van der Waals surface area (Å²) in [5.74, 6) is 1.59. The molecular weight excluding hydrogens is 176 g/mol.